The molecular formula is C14H24N4OS. The molecule has 0 saturated carbocycles. The molecule has 0 unspecified atom stereocenters. The van der Waals surface area contributed by atoms with Gasteiger partial charge in [0, 0.05) is 23.9 Å². The van der Waals surface area contributed by atoms with E-state index in [1.54, 1.807) is 11.3 Å². The molecule has 2 heterocycles. The molecule has 1 saturated heterocycles. The number of rotatable bonds is 6. The summed E-state index contributed by atoms with van der Waals surface area (Å²) < 4.78 is 0. The topological polar surface area (TPSA) is 71.2 Å². The van der Waals surface area contributed by atoms with Crippen LogP contribution in [0.5, 0.6) is 0 Å². The van der Waals surface area contributed by atoms with E-state index in [1.807, 2.05) is 0 Å². The lowest BCUT2D eigenvalue weighted by molar-refractivity contribution is -0.120. The van der Waals surface area contributed by atoms with E-state index in [0.29, 0.717) is 18.5 Å². The van der Waals surface area contributed by atoms with Gasteiger partial charge in [0.2, 0.25) is 5.91 Å². The number of piperidine rings is 1. The van der Waals surface area contributed by atoms with Crippen molar-refractivity contribution in [3.63, 3.8) is 0 Å². The predicted molar refractivity (Wildman–Crippen MR) is 81.7 cm³/mol. The van der Waals surface area contributed by atoms with Crippen molar-refractivity contribution in [2.24, 2.45) is 5.73 Å². The Morgan fingerprint density at radius 1 is 1.55 bits per heavy atom. The fraction of sp³-hybridized carbons (Fsp3) is 0.714. The summed E-state index contributed by atoms with van der Waals surface area (Å²) in [5, 5.41) is 6.61. The van der Waals surface area contributed by atoms with Crippen LogP contribution >= 0.6 is 11.3 Å². The first-order chi connectivity index (χ1) is 9.56. The molecule has 1 fully saturated rings. The minimum Gasteiger partial charge on any atom is -0.369 e. The zero-order chi connectivity index (χ0) is 14.5. The Morgan fingerprint density at radius 2 is 2.25 bits per heavy atom. The summed E-state index contributed by atoms with van der Waals surface area (Å²) in [5.41, 5.74) is 6.45. The summed E-state index contributed by atoms with van der Waals surface area (Å²) >= 11 is 1.70. The number of carbonyl (C=O) groups excluding carboxylic acids is 1. The number of hydrogen-bond acceptors (Lipinski definition) is 5. The second kappa shape index (κ2) is 7.15. The Hall–Kier alpha value is -0.980. The number of primary amides is 1. The van der Waals surface area contributed by atoms with Gasteiger partial charge >= 0.3 is 0 Å². The van der Waals surface area contributed by atoms with Gasteiger partial charge in [0.05, 0.1) is 17.2 Å². The Morgan fingerprint density at radius 3 is 2.80 bits per heavy atom. The molecule has 0 spiro atoms. The molecule has 0 aromatic carbocycles. The van der Waals surface area contributed by atoms with Gasteiger partial charge in [-0.15, -0.1) is 11.3 Å². The summed E-state index contributed by atoms with van der Waals surface area (Å²) in [4.78, 5) is 18.1. The Kier molecular flexibility index (Phi) is 5.51. The second-order valence-electron chi connectivity index (χ2n) is 5.68. The van der Waals surface area contributed by atoms with E-state index in [-0.39, 0.29) is 5.91 Å². The highest BCUT2D eigenvalue weighted by Gasteiger charge is 2.23. The zero-order valence-corrected chi connectivity index (χ0v) is 13.1. The van der Waals surface area contributed by atoms with E-state index in [9.17, 15) is 4.79 Å². The first-order valence-electron chi connectivity index (χ1n) is 7.23. The lowest BCUT2D eigenvalue weighted by atomic mass is 10.0. The maximum atomic E-state index is 11.3. The zero-order valence-electron chi connectivity index (χ0n) is 12.3. The number of nitrogens with zero attached hydrogens (tertiary/aromatic N) is 2. The molecule has 1 amide bonds. The van der Waals surface area contributed by atoms with E-state index in [2.05, 4.69) is 34.4 Å². The van der Waals surface area contributed by atoms with E-state index in [4.69, 9.17) is 5.73 Å². The van der Waals surface area contributed by atoms with Crippen LogP contribution in [-0.4, -0.2) is 41.5 Å². The van der Waals surface area contributed by atoms with Gasteiger partial charge in [-0.25, -0.2) is 4.98 Å². The minimum absolute atomic E-state index is 0.261. The Bertz CT molecular complexity index is 440. The molecule has 5 nitrogen and oxygen atoms in total. The number of carbonyl (C=O) groups is 1. The Labute approximate surface area is 124 Å². The lowest BCUT2D eigenvalue weighted by Crippen LogP contribution is -2.46. The van der Waals surface area contributed by atoms with Crippen LogP contribution in [0.25, 0.3) is 0 Å². The van der Waals surface area contributed by atoms with Gasteiger partial charge in [0.25, 0.3) is 0 Å². The molecule has 20 heavy (non-hydrogen) atoms. The van der Waals surface area contributed by atoms with E-state index >= 15 is 0 Å². The highest BCUT2D eigenvalue weighted by molar-refractivity contribution is 7.09. The van der Waals surface area contributed by atoms with Gasteiger partial charge in [-0.2, -0.15) is 0 Å². The van der Waals surface area contributed by atoms with Gasteiger partial charge in [0.1, 0.15) is 0 Å². The normalized spacial score (nSPS) is 17.0. The predicted octanol–water partition coefficient (Wildman–Crippen LogP) is 1.31. The van der Waals surface area contributed by atoms with E-state index in [1.165, 1.54) is 0 Å². The third-order valence-corrected chi connectivity index (χ3v) is 4.81. The lowest BCUT2D eigenvalue weighted by Gasteiger charge is -2.33. The number of aromatic nitrogens is 1. The molecule has 1 aliphatic rings. The summed E-state index contributed by atoms with van der Waals surface area (Å²) in [7, 11) is 0. The summed E-state index contributed by atoms with van der Waals surface area (Å²) in [6.45, 7) is 7.35. The number of amides is 1. The molecule has 0 atom stereocenters. The van der Waals surface area contributed by atoms with E-state index in [0.717, 1.165) is 43.2 Å². The van der Waals surface area contributed by atoms with Gasteiger partial charge in [0.15, 0.2) is 0 Å². The first kappa shape index (κ1) is 15.4. The molecule has 1 aromatic rings. The van der Waals surface area contributed by atoms with Crippen molar-refractivity contribution in [3.05, 3.63) is 16.1 Å². The fourth-order valence-corrected chi connectivity index (χ4v) is 3.38. The van der Waals surface area contributed by atoms with Crippen LogP contribution in [0, 0.1) is 0 Å². The van der Waals surface area contributed by atoms with Crippen LogP contribution in [0.2, 0.25) is 0 Å². The molecule has 112 valence electrons. The van der Waals surface area contributed by atoms with Crippen molar-refractivity contribution < 1.29 is 4.79 Å². The summed E-state index contributed by atoms with van der Waals surface area (Å²) in [6, 6.07) is 0.424. The molecule has 2 rings (SSSR count). The molecule has 0 aliphatic carbocycles. The summed E-state index contributed by atoms with van der Waals surface area (Å²) in [5.74, 6) is 0.195. The molecule has 6 heteroatoms. The van der Waals surface area contributed by atoms with Crippen LogP contribution < -0.4 is 11.1 Å². The van der Waals surface area contributed by atoms with Crippen LogP contribution in [0.3, 0.4) is 0 Å². The smallest absolute Gasteiger partial charge is 0.231 e. The number of thiazole rings is 1. The monoisotopic (exact) mass is 296 g/mol. The maximum Gasteiger partial charge on any atom is 0.231 e. The highest BCUT2D eigenvalue weighted by atomic mass is 32.1. The first-order valence-corrected chi connectivity index (χ1v) is 8.11. The molecule has 1 aromatic heterocycles. The van der Waals surface area contributed by atoms with Crippen molar-refractivity contribution in [2.75, 3.05) is 19.6 Å². The van der Waals surface area contributed by atoms with Crippen LogP contribution in [0.4, 0.5) is 0 Å². The fourth-order valence-electron chi connectivity index (χ4n) is 2.55. The van der Waals surface area contributed by atoms with Gasteiger partial charge in [-0.1, -0.05) is 13.8 Å². The summed E-state index contributed by atoms with van der Waals surface area (Å²) in [6.07, 6.45) is 2.13. The Balaban J connectivity index is 2.03. The number of hydrogen-bond donors (Lipinski definition) is 2. The van der Waals surface area contributed by atoms with Gasteiger partial charge in [-0.3, -0.25) is 9.69 Å². The third-order valence-electron chi connectivity index (χ3n) is 3.61. The standard InChI is InChI=1S/C14H24N4OS/c1-10(2)14-17-11(9-20-14)7-18(8-13(15)19)12-3-5-16-6-4-12/h9-10,12,16H,3-8H2,1-2H3,(H2,15,19). The second-order valence-corrected chi connectivity index (χ2v) is 6.57. The van der Waals surface area contributed by atoms with Crippen molar-refractivity contribution >= 4 is 17.2 Å². The molecule has 1 aliphatic heterocycles. The van der Waals surface area contributed by atoms with E-state index < -0.39 is 0 Å². The quantitative estimate of drug-likeness (QED) is 0.830. The van der Waals surface area contributed by atoms with Crippen molar-refractivity contribution in [3.8, 4) is 0 Å². The van der Waals surface area contributed by atoms with Crippen LogP contribution in [0.15, 0.2) is 5.38 Å². The van der Waals surface area contributed by atoms with Crippen LogP contribution in [-0.2, 0) is 11.3 Å². The average molecular weight is 296 g/mol. The van der Waals surface area contributed by atoms with Crippen molar-refractivity contribution in [1.29, 1.82) is 0 Å². The minimum atomic E-state index is -0.261. The molecular weight excluding hydrogens is 272 g/mol. The molecule has 0 bridgehead atoms. The van der Waals surface area contributed by atoms with Crippen LogP contribution in [0.1, 0.15) is 43.3 Å². The van der Waals surface area contributed by atoms with Gasteiger partial charge < -0.3 is 11.1 Å². The molecule has 0 radical (unpaired) electrons. The van der Waals surface area contributed by atoms with Crippen molar-refractivity contribution in [1.82, 2.24) is 15.2 Å². The molecule has 3 N–H and O–H groups in total. The number of nitrogens with two attached hydrogens (primary N) is 1. The van der Waals surface area contributed by atoms with Crippen molar-refractivity contribution in [2.45, 2.75) is 45.2 Å². The largest absolute Gasteiger partial charge is 0.369 e. The maximum absolute atomic E-state index is 11.3. The SMILES string of the molecule is CC(C)c1nc(CN(CC(N)=O)C2CCNCC2)cs1. The average Bonchev–Trinajstić information content (AvgIpc) is 2.87. The highest BCUT2D eigenvalue weighted by Crippen LogP contribution is 2.21. The third kappa shape index (κ3) is 4.26. The van der Waals surface area contributed by atoms with Gasteiger partial charge in [-0.05, 0) is 25.9 Å². The number of nitrogens with one attached hydrogen (secondary N) is 1.